The summed E-state index contributed by atoms with van der Waals surface area (Å²) in [5.74, 6) is -3.08. The van der Waals surface area contributed by atoms with Gasteiger partial charge in [0.2, 0.25) is 0 Å². The van der Waals surface area contributed by atoms with Crippen molar-refractivity contribution in [3.8, 4) is 0 Å². The molecule has 35 heavy (non-hydrogen) atoms. The first-order valence-corrected chi connectivity index (χ1v) is 10.9. The summed E-state index contributed by atoms with van der Waals surface area (Å²) in [4.78, 5) is 42.8. The van der Waals surface area contributed by atoms with Crippen molar-refractivity contribution in [2.45, 2.75) is 77.8 Å². The normalized spacial score (nSPS) is 13.7. The standard InChI is InChI=1S/2C11H20O6.Zn/c2*1-8(6-15-3)16-7-9(2)17-11(14)5-4-10(12)13;/h2*8-9H,4-7H2,1-3H3,(H,12,13);. The van der Waals surface area contributed by atoms with Crippen molar-refractivity contribution in [3.05, 3.63) is 0 Å². The van der Waals surface area contributed by atoms with Crippen LogP contribution >= 0.6 is 0 Å². The maximum absolute atomic E-state index is 11.2. The van der Waals surface area contributed by atoms with Crippen molar-refractivity contribution in [2.24, 2.45) is 0 Å². The molecule has 0 aliphatic rings. The molecule has 13 heteroatoms. The van der Waals surface area contributed by atoms with Crippen LogP contribution in [0.5, 0.6) is 0 Å². The van der Waals surface area contributed by atoms with Crippen LogP contribution in [0, 0.1) is 0 Å². The van der Waals surface area contributed by atoms with Crippen molar-refractivity contribution in [1.82, 2.24) is 0 Å². The molecule has 0 radical (unpaired) electrons. The van der Waals surface area contributed by atoms with Gasteiger partial charge >= 0.3 is 23.9 Å². The second kappa shape index (κ2) is 24.1. The van der Waals surface area contributed by atoms with E-state index in [4.69, 9.17) is 38.6 Å². The Morgan fingerprint density at radius 2 is 0.886 bits per heavy atom. The Kier molecular flexibility index (Phi) is 26.0. The second-order valence-corrected chi connectivity index (χ2v) is 7.59. The third-order valence-electron chi connectivity index (χ3n) is 3.78. The van der Waals surface area contributed by atoms with E-state index in [9.17, 15) is 19.2 Å². The summed E-state index contributed by atoms with van der Waals surface area (Å²) in [6.45, 7) is 8.56. The molecule has 0 amide bonds. The van der Waals surface area contributed by atoms with Crippen molar-refractivity contribution in [3.63, 3.8) is 0 Å². The van der Waals surface area contributed by atoms with Crippen LogP contribution in [0.4, 0.5) is 0 Å². The minimum atomic E-state index is -1.01. The Labute approximate surface area is 219 Å². The molecule has 0 aromatic heterocycles. The topological polar surface area (TPSA) is 164 Å². The van der Waals surface area contributed by atoms with Crippen molar-refractivity contribution in [1.29, 1.82) is 0 Å². The number of ether oxygens (including phenoxy) is 6. The summed E-state index contributed by atoms with van der Waals surface area (Å²) >= 11 is 0. The third kappa shape index (κ3) is 28.5. The van der Waals surface area contributed by atoms with Gasteiger partial charge in [0.05, 0.1) is 64.3 Å². The Morgan fingerprint density at radius 3 is 1.14 bits per heavy atom. The van der Waals surface area contributed by atoms with E-state index in [1.165, 1.54) is 0 Å². The molecule has 0 fully saturated rings. The first-order valence-electron chi connectivity index (χ1n) is 10.9. The number of carboxylic acids is 2. The van der Waals surface area contributed by atoms with E-state index >= 15 is 0 Å². The van der Waals surface area contributed by atoms with Gasteiger partial charge in [-0.1, -0.05) is 0 Å². The van der Waals surface area contributed by atoms with Crippen LogP contribution in [-0.2, 0) is 67.1 Å². The molecule has 12 nitrogen and oxygen atoms in total. The SMILES string of the molecule is COCC(C)OCC(C)OC(=O)CCC(=O)O.COCC(C)OCC(C)OC(=O)CCC(=O)O.[Zn]. The van der Waals surface area contributed by atoms with E-state index in [0.717, 1.165) is 0 Å². The fraction of sp³-hybridized carbons (Fsp3) is 0.818. The quantitative estimate of drug-likeness (QED) is 0.184. The largest absolute Gasteiger partial charge is 0.481 e. The molecule has 0 aliphatic carbocycles. The van der Waals surface area contributed by atoms with Gasteiger partial charge in [-0.05, 0) is 27.7 Å². The van der Waals surface area contributed by atoms with Crippen molar-refractivity contribution < 1.29 is 77.3 Å². The molecule has 0 saturated carbocycles. The summed E-state index contributed by atoms with van der Waals surface area (Å²) < 4.78 is 30.4. The molecule has 0 rings (SSSR count). The van der Waals surface area contributed by atoms with Gasteiger partial charge in [-0.15, -0.1) is 0 Å². The monoisotopic (exact) mass is 560 g/mol. The number of hydrogen-bond acceptors (Lipinski definition) is 10. The zero-order chi connectivity index (χ0) is 26.5. The predicted octanol–water partition coefficient (Wildman–Crippen LogP) is 1.67. The number of carbonyl (C=O) groups excluding carboxylic acids is 2. The second-order valence-electron chi connectivity index (χ2n) is 7.59. The predicted molar refractivity (Wildman–Crippen MR) is 119 cm³/mol. The van der Waals surface area contributed by atoms with E-state index in [0.29, 0.717) is 13.2 Å². The molecule has 0 heterocycles. The summed E-state index contributed by atoms with van der Waals surface area (Å²) in [6.07, 6.45) is -1.59. The number of hydrogen-bond donors (Lipinski definition) is 2. The Bertz CT molecular complexity index is 537. The van der Waals surface area contributed by atoms with Gasteiger partial charge < -0.3 is 38.6 Å². The molecular weight excluding hydrogens is 522 g/mol. The van der Waals surface area contributed by atoms with Gasteiger partial charge in [-0.3, -0.25) is 19.2 Å². The molecule has 202 valence electrons. The molecule has 0 aliphatic heterocycles. The van der Waals surface area contributed by atoms with Crippen molar-refractivity contribution >= 4 is 23.9 Å². The van der Waals surface area contributed by atoms with Crippen molar-refractivity contribution in [2.75, 3.05) is 40.6 Å². The average molecular weight is 562 g/mol. The zero-order valence-electron chi connectivity index (χ0n) is 21.7. The molecule has 0 saturated heterocycles. The molecule has 2 N–H and O–H groups in total. The van der Waals surface area contributed by atoms with Gasteiger partial charge in [-0.25, -0.2) is 0 Å². The number of esters is 2. The van der Waals surface area contributed by atoms with E-state index < -0.39 is 36.1 Å². The first-order chi connectivity index (χ1) is 15.9. The molecule has 0 bridgehead atoms. The third-order valence-corrected chi connectivity index (χ3v) is 3.78. The van der Waals surface area contributed by atoms with Gasteiger partial charge in [0, 0.05) is 33.7 Å². The average Bonchev–Trinajstić information content (AvgIpc) is 2.74. The number of aliphatic carboxylic acids is 2. The molecule has 0 aromatic rings. The van der Waals surface area contributed by atoms with Crippen LogP contribution in [-0.4, -0.2) is 99.2 Å². The fourth-order valence-electron chi connectivity index (χ4n) is 2.22. The summed E-state index contributed by atoms with van der Waals surface area (Å²) in [5, 5.41) is 16.8. The molecule has 0 spiro atoms. The maximum Gasteiger partial charge on any atom is 0.306 e. The van der Waals surface area contributed by atoms with Crippen LogP contribution in [0.2, 0.25) is 0 Å². The maximum atomic E-state index is 11.2. The summed E-state index contributed by atoms with van der Waals surface area (Å²) in [6, 6.07) is 0. The van der Waals surface area contributed by atoms with E-state index in [1.54, 1.807) is 28.1 Å². The van der Waals surface area contributed by atoms with Gasteiger partial charge in [-0.2, -0.15) is 0 Å². The van der Waals surface area contributed by atoms with Crippen LogP contribution in [0.15, 0.2) is 0 Å². The summed E-state index contributed by atoms with van der Waals surface area (Å²) in [5.41, 5.74) is 0. The number of rotatable bonds is 18. The van der Waals surface area contributed by atoms with Gasteiger partial charge in [0.15, 0.2) is 0 Å². The van der Waals surface area contributed by atoms with Gasteiger partial charge in [0.1, 0.15) is 12.2 Å². The molecular formula is C22H40O12Zn. The Balaban J connectivity index is -0.000000569. The smallest absolute Gasteiger partial charge is 0.306 e. The van der Waals surface area contributed by atoms with Crippen LogP contribution in [0.1, 0.15) is 53.4 Å². The fourth-order valence-corrected chi connectivity index (χ4v) is 2.22. The molecule has 4 unspecified atom stereocenters. The van der Waals surface area contributed by atoms with E-state index in [-0.39, 0.29) is 70.6 Å². The van der Waals surface area contributed by atoms with E-state index in [1.807, 2.05) is 13.8 Å². The molecule has 0 aromatic carbocycles. The number of carbonyl (C=O) groups is 4. The Hall–Kier alpha value is -1.66. The minimum absolute atomic E-state index is 0. The number of methoxy groups -OCH3 is 2. The first kappa shape index (κ1) is 37.9. The minimum Gasteiger partial charge on any atom is -0.481 e. The Morgan fingerprint density at radius 1 is 0.571 bits per heavy atom. The van der Waals surface area contributed by atoms with Gasteiger partial charge in [0.25, 0.3) is 0 Å². The summed E-state index contributed by atoms with van der Waals surface area (Å²) in [7, 11) is 3.16. The van der Waals surface area contributed by atoms with E-state index in [2.05, 4.69) is 0 Å². The van der Waals surface area contributed by atoms with Crippen LogP contribution < -0.4 is 0 Å². The van der Waals surface area contributed by atoms with Crippen LogP contribution in [0.3, 0.4) is 0 Å². The molecule has 4 atom stereocenters. The van der Waals surface area contributed by atoms with Crippen LogP contribution in [0.25, 0.3) is 0 Å². The zero-order valence-corrected chi connectivity index (χ0v) is 24.6. The number of carboxylic acid groups (broad SMARTS) is 2.